The maximum Gasteiger partial charge on any atom is 0.314 e. The van der Waals surface area contributed by atoms with Gasteiger partial charge in [-0.05, 0) is 24.5 Å². The van der Waals surface area contributed by atoms with Crippen molar-refractivity contribution in [2.45, 2.75) is 13.3 Å². The third-order valence-corrected chi connectivity index (χ3v) is 2.27. The van der Waals surface area contributed by atoms with Crippen LogP contribution in [0.5, 0.6) is 5.75 Å². The zero-order chi connectivity index (χ0) is 9.26. The number of ether oxygens (including phenoxy) is 1. The fourth-order valence-electron chi connectivity index (χ4n) is 1.25. The van der Waals surface area contributed by atoms with Crippen LogP contribution in [0.15, 0.2) is 24.5 Å². The van der Waals surface area contributed by atoms with E-state index in [1.54, 1.807) is 24.5 Å². The number of esters is 1. The van der Waals surface area contributed by atoms with Gasteiger partial charge < -0.3 is 4.74 Å². The van der Waals surface area contributed by atoms with Gasteiger partial charge in [0.15, 0.2) is 0 Å². The highest BCUT2D eigenvalue weighted by atomic mass is 16.5. The molecule has 1 fully saturated rings. The average molecular weight is 177 g/mol. The van der Waals surface area contributed by atoms with Crippen molar-refractivity contribution < 1.29 is 9.53 Å². The Morgan fingerprint density at radius 3 is 3.00 bits per heavy atom. The van der Waals surface area contributed by atoms with Crippen molar-refractivity contribution in [3.05, 3.63) is 24.5 Å². The van der Waals surface area contributed by atoms with Gasteiger partial charge in [-0.3, -0.25) is 9.78 Å². The summed E-state index contributed by atoms with van der Waals surface area (Å²) >= 11 is 0. The van der Waals surface area contributed by atoms with E-state index < -0.39 is 0 Å². The van der Waals surface area contributed by atoms with E-state index in [0.717, 1.165) is 6.42 Å². The van der Waals surface area contributed by atoms with Gasteiger partial charge in [0, 0.05) is 6.20 Å². The molecule has 1 aromatic rings. The van der Waals surface area contributed by atoms with Crippen molar-refractivity contribution in [1.29, 1.82) is 0 Å². The first-order chi connectivity index (χ1) is 6.27. The summed E-state index contributed by atoms with van der Waals surface area (Å²) in [5.41, 5.74) is 0. The monoisotopic (exact) mass is 177 g/mol. The number of hydrogen-bond acceptors (Lipinski definition) is 3. The van der Waals surface area contributed by atoms with E-state index in [1.807, 2.05) is 0 Å². The van der Waals surface area contributed by atoms with Gasteiger partial charge >= 0.3 is 5.97 Å². The highest BCUT2D eigenvalue weighted by Crippen LogP contribution is 2.38. The number of hydrogen-bond donors (Lipinski definition) is 0. The summed E-state index contributed by atoms with van der Waals surface area (Å²) < 4.78 is 5.11. The second-order valence-corrected chi connectivity index (χ2v) is 3.43. The van der Waals surface area contributed by atoms with E-state index in [2.05, 4.69) is 11.9 Å². The van der Waals surface area contributed by atoms with Crippen LogP contribution in [-0.2, 0) is 4.79 Å². The van der Waals surface area contributed by atoms with Crippen molar-refractivity contribution >= 4 is 5.97 Å². The highest BCUT2D eigenvalue weighted by molar-refractivity contribution is 5.77. The minimum Gasteiger partial charge on any atom is -0.425 e. The second kappa shape index (κ2) is 3.17. The SMILES string of the molecule is CC1CC1C(=O)Oc1cccnc1. The fraction of sp³-hybridized carbons (Fsp3) is 0.400. The molecule has 2 unspecified atom stereocenters. The second-order valence-electron chi connectivity index (χ2n) is 3.43. The molecule has 0 bridgehead atoms. The average Bonchev–Trinajstić information content (AvgIpc) is 2.84. The molecule has 0 N–H and O–H groups in total. The Kier molecular flexibility index (Phi) is 2.00. The minimum atomic E-state index is -0.125. The van der Waals surface area contributed by atoms with Crippen LogP contribution >= 0.6 is 0 Å². The molecule has 68 valence electrons. The molecule has 1 aliphatic rings. The van der Waals surface area contributed by atoms with Gasteiger partial charge in [0.2, 0.25) is 0 Å². The summed E-state index contributed by atoms with van der Waals surface area (Å²) in [7, 11) is 0. The van der Waals surface area contributed by atoms with Crippen LogP contribution in [0, 0.1) is 11.8 Å². The zero-order valence-electron chi connectivity index (χ0n) is 7.43. The van der Waals surface area contributed by atoms with E-state index in [1.165, 1.54) is 0 Å². The first kappa shape index (κ1) is 8.23. The smallest absolute Gasteiger partial charge is 0.314 e. The third-order valence-electron chi connectivity index (χ3n) is 2.27. The van der Waals surface area contributed by atoms with Crippen molar-refractivity contribution in [3.63, 3.8) is 0 Å². The van der Waals surface area contributed by atoms with E-state index in [0.29, 0.717) is 11.7 Å². The van der Waals surface area contributed by atoms with Crippen molar-refractivity contribution in [2.75, 3.05) is 0 Å². The van der Waals surface area contributed by atoms with Crippen molar-refractivity contribution in [1.82, 2.24) is 4.98 Å². The minimum absolute atomic E-state index is 0.111. The van der Waals surface area contributed by atoms with Crippen LogP contribution in [0.1, 0.15) is 13.3 Å². The van der Waals surface area contributed by atoms with E-state index >= 15 is 0 Å². The van der Waals surface area contributed by atoms with Crippen molar-refractivity contribution in [2.24, 2.45) is 11.8 Å². The van der Waals surface area contributed by atoms with Gasteiger partial charge in [0.1, 0.15) is 5.75 Å². The standard InChI is InChI=1S/C10H11NO2/c1-7-5-9(7)10(12)13-8-3-2-4-11-6-8/h2-4,6-7,9H,5H2,1H3. The molecule has 13 heavy (non-hydrogen) atoms. The molecule has 2 atom stereocenters. The van der Waals surface area contributed by atoms with E-state index in [9.17, 15) is 4.79 Å². The Labute approximate surface area is 76.7 Å². The molecule has 2 rings (SSSR count). The first-order valence-corrected chi connectivity index (χ1v) is 4.39. The highest BCUT2D eigenvalue weighted by Gasteiger charge is 2.40. The van der Waals surface area contributed by atoms with Gasteiger partial charge in [0.05, 0.1) is 12.1 Å². The maximum atomic E-state index is 11.3. The predicted octanol–water partition coefficient (Wildman–Crippen LogP) is 1.64. The summed E-state index contributed by atoms with van der Waals surface area (Å²) in [5.74, 6) is 1.01. The van der Waals surface area contributed by atoms with Gasteiger partial charge in [0.25, 0.3) is 0 Å². The topological polar surface area (TPSA) is 39.2 Å². The van der Waals surface area contributed by atoms with Crippen LogP contribution in [0.25, 0.3) is 0 Å². The number of rotatable bonds is 2. The van der Waals surface area contributed by atoms with Crippen LogP contribution in [0.2, 0.25) is 0 Å². The molecular weight excluding hydrogens is 166 g/mol. The summed E-state index contributed by atoms with van der Waals surface area (Å²) in [6.07, 6.45) is 4.15. The summed E-state index contributed by atoms with van der Waals surface area (Å²) in [6, 6.07) is 3.48. The van der Waals surface area contributed by atoms with E-state index in [4.69, 9.17) is 4.74 Å². The summed E-state index contributed by atoms with van der Waals surface area (Å²) in [4.78, 5) is 15.2. The number of aromatic nitrogens is 1. The van der Waals surface area contributed by atoms with Crippen LogP contribution in [0.3, 0.4) is 0 Å². The predicted molar refractivity (Wildman–Crippen MR) is 47.1 cm³/mol. The lowest BCUT2D eigenvalue weighted by Crippen LogP contribution is -2.10. The zero-order valence-corrected chi connectivity index (χ0v) is 7.43. The molecule has 1 saturated carbocycles. The van der Waals surface area contributed by atoms with Gasteiger partial charge in [-0.15, -0.1) is 0 Å². The molecule has 1 aromatic heterocycles. The number of nitrogens with zero attached hydrogens (tertiary/aromatic N) is 1. The molecule has 0 saturated heterocycles. The number of pyridine rings is 1. The molecular formula is C10H11NO2. The Hall–Kier alpha value is -1.38. The van der Waals surface area contributed by atoms with Crippen LogP contribution in [-0.4, -0.2) is 11.0 Å². The summed E-state index contributed by atoms with van der Waals surface area (Å²) in [6.45, 7) is 2.05. The normalized spacial score (nSPS) is 25.3. The Balaban J connectivity index is 1.95. The van der Waals surface area contributed by atoms with E-state index in [-0.39, 0.29) is 11.9 Å². The third kappa shape index (κ3) is 1.86. The lowest BCUT2D eigenvalue weighted by atomic mass is 10.3. The van der Waals surface area contributed by atoms with Gasteiger partial charge in [-0.1, -0.05) is 6.92 Å². The molecule has 1 heterocycles. The first-order valence-electron chi connectivity index (χ1n) is 4.39. The summed E-state index contributed by atoms with van der Waals surface area (Å²) in [5, 5.41) is 0. The molecule has 0 radical (unpaired) electrons. The largest absolute Gasteiger partial charge is 0.425 e. The molecule has 3 nitrogen and oxygen atoms in total. The fourth-order valence-corrected chi connectivity index (χ4v) is 1.25. The lowest BCUT2D eigenvalue weighted by Gasteiger charge is -2.01. The lowest BCUT2D eigenvalue weighted by molar-refractivity contribution is -0.136. The van der Waals surface area contributed by atoms with Crippen molar-refractivity contribution in [3.8, 4) is 5.75 Å². The van der Waals surface area contributed by atoms with Gasteiger partial charge in [-0.2, -0.15) is 0 Å². The van der Waals surface area contributed by atoms with Crippen LogP contribution < -0.4 is 4.74 Å². The van der Waals surface area contributed by atoms with Gasteiger partial charge in [-0.25, -0.2) is 0 Å². The Morgan fingerprint density at radius 1 is 1.69 bits per heavy atom. The molecule has 1 aliphatic carbocycles. The molecule has 0 aliphatic heterocycles. The van der Waals surface area contributed by atoms with Crippen LogP contribution in [0.4, 0.5) is 0 Å². The number of carbonyl (C=O) groups is 1. The Morgan fingerprint density at radius 2 is 2.46 bits per heavy atom. The quantitative estimate of drug-likeness (QED) is 0.645. The molecule has 0 spiro atoms. The maximum absolute atomic E-state index is 11.3. The molecule has 3 heteroatoms. The number of carbonyl (C=O) groups excluding carboxylic acids is 1. The molecule has 0 aromatic carbocycles. The molecule has 0 amide bonds. The Bertz CT molecular complexity index is 310.